The molecule has 0 atom stereocenters. The Hall–Kier alpha value is -2.69. The molecule has 1 aliphatic rings. The van der Waals surface area contributed by atoms with Crippen LogP contribution in [0.2, 0.25) is 0 Å². The number of hydrogen-bond donors (Lipinski definition) is 1. The van der Waals surface area contributed by atoms with E-state index in [1.807, 2.05) is 35.2 Å². The van der Waals surface area contributed by atoms with E-state index in [1.54, 1.807) is 12.3 Å². The molecule has 0 unspecified atom stereocenters. The molecule has 5 nitrogen and oxygen atoms in total. The molecule has 124 valence electrons. The van der Waals surface area contributed by atoms with Crippen molar-refractivity contribution in [1.29, 1.82) is 0 Å². The summed E-state index contributed by atoms with van der Waals surface area (Å²) in [6, 6.07) is 9.70. The van der Waals surface area contributed by atoms with Gasteiger partial charge in [0.1, 0.15) is 0 Å². The third kappa shape index (κ3) is 3.98. The number of benzene rings is 1. The zero-order chi connectivity index (χ0) is 16.8. The molecule has 0 radical (unpaired) electrons. The highest BCUT2D eigenvalue weighted by atomic mass is 16.2. The van der Waals surface area contributed by atoms with Crippen LogP contribution in [0.25, 0.3) is 17.0 Å². The molecule has 2 aromatic rings. The Morgan fingerprint density at radius 2 is 1.92 bits per heavy atom. The average Bonchev–Trinajstić information content (AvgIpc) is 2.65. The predicted octanol–water partition coefficient (Wildman–Crippen LogP) is 2.38. The lowest BCUT2D eigenvalue weighted by Gasteiger charge is -2.26. The number of carbonyl (C=O) groups excluding carboxylic acids is 2. The van der Waals surface area contributed by atoms with Gasteiger partial charge in [-0.15, -0.1) is 0 Å². The summed E-state index contributed by atoms with van der Waals surface area (Å²) in [4.78, 5) is 30.2. The summed E-state index contributed by atoms with van der Waals surface area (Å²) in [6.45, 7) is 1.65. The molecule has 3 rings (SSSR count). The number of fused-ring (bicyclic) bond motifs is 1. The molecule has 5 heteroatoms. The fraction of sp³-hybridized carbons (Fsp3) is 0.316. The van der Waals surface area contributed by atoms with Gasteiger partial charge in [0, 0.05) is 36.3 Å². The quantitative estimate of drug-likeness (QED) is 0.879. The number of hydrogen-bond acceptors (Lipinski definition) is 3. The van der Waals surface area contributed by atoms with Crippen molar-refractivity contribution < 1.29 is 9.59 Å². The van der Waals surface area contributed by atoms with E-state index >= 15 is 0 Å². The van der Waals surface area contributed by atoms with E-state index in [4.69, 9.17) is 0 Å². The van der Waals surface area contributed by atoms with Crippen LogP contribution < -0.4 is 5.32 Å². The number of amides is 2. The van der Waals surface area contributed by atoms with Crippen LogP contribution in [0.5, 0.6) is 0 Å². The second-order valence-corrected chi connectivity index (χ2v) is 5.91. The number of piperidine rings is 1. The third-order valence-corrected chi connectivity index (χ3v) is 4.20. The minimum atomic E-state index is -0.270. The van der Waals surface area contributed by atoms with E-state index in [0.717, 1.165) is 42.4 Å². The zero-order valence-electron chi connectivity index (χ0n) is 13.6. The normalized spacial score (nSPS) is 14.9. The molecule has 0 saturated carbocycles. The van der Waals surface area contributed by atoms with Crippen LogP contribution >= 0.6 is 0 Å². The Labute approximate surface area is 141 Å². The first-order valence-electron chi connectivity index (χ1n) is 8.31. The van der Waals surface area contributed by atoms with E-state index in [1.165, 1.54) is 12.5 Å². The standard InChI is InChI=1S/C19H21N3O2/c23-17(21-14-18(24)22-12-2-1-3-13-22)10-9-16-7-4-6-15-8-5-11-20-19(15)16/h4-11H,1-3,12-14H2,(H,21,23). The highest BCUT2D eigenvalue weighted by Gasteiger charge is 2.16. The number of pyridine rings is 1. The van der Waals surface area contributed by atoms with Crippen molar-refractivity contribution in [3.8, 4) is 0 Å². The summed E-state index contributed by atoms with van der Waals surface area (Å²) in [5.41, 5.74) is 1.74. The number of carbonyl (C=O) groups is 2. The zero-order valence-corrected chi connectivity index (χ0v) is 13.6. The number of nitrogens with one attached hydrogen (secondary N) is 1. The van der Waals surface area contributed by atoms with Crippen molar-refractivity contribution in [1.82, 2.24) is 15.2 Å². The number of likely N-dealkylation sites (tertiary alicyclic amines) is 1. The molecule has 1 aromatic carbocycles. The van der Waals surface area contributed by atoms with Gasteiger partial charge in [-0.1, -0.05) is 24.3 Å². The lowest BCUT2D eigenvalue weighted by atomic mass is 10.1. The summed E-state index contributed by atoms with van der Waals surface area (Å²) in [7, 11) is 0. The fourth-order valence-corrected chi connectivity index (χ4v) is 2.90. The van der Waals surface area contributed by atoms with E-state index in [-0.39, 0.29) is 18.4 Å². The molecular formula is C19H21N3O2. The SMILES string of the molecule is O=C(C=Cc1cccc2cccnc12)NCC(=O)N1CCCCC1. The summed E-state index contributed by atoms with van der Waals surface area (Å²) >= 11 is 0. The fourth-order valence-electron chi connectivity index (χ4n) is 2.90. The molecule has 2 amide bonds. The Kier molecular flexibility index (Phi) is 5.21. The lowest BCUT2D eigenvalue weighted by molar-refractivity contribution is -0.132. The van der Waals surface area contributed by atoms with Gasteiger partial charge >= 0.3 is 0 Å². The molecule has 2 heterocycles. The Bertz CT molecular complexity index is 759. The number of nitrogens with zero attached hydrogens (tertiary/aromatic N) is 2. The maximum atomic E-state index is 12.0. The summed E-state index contributed by atoms with van der Waals surface area (Å²) < 4.78 is 0. The van der Waals surface area contributed by atoms with Gasteiger partial charge in [-0.3, -0.25) is 14.6 Å². The van der Waals surface area contributed by atoms with Gasteiger partial charge in [0.25, 0.3) is 0 Å². The first-order valence-corrected chi connectivity index (χ1v) is 8.31. The van der Waals surface area contributed by atoms with Gasteiger partial charge < -0.3 is 10.2 Å². The van der Waals surface area contributed by atoms with Gasteiger partial charge in [-0.2, -0.15) is 0 Å². The maximum absolute atomic E-state index is 12.0. The van der Waals surface area contributed by atoms with Crippen molar-refractivity contribution in [3.05, 3.63) is 48.2 Å². The van der Waals surface area contributed by atoms with E-state index in [9.17, 15) is 9.59 Å². The maximum Gasteiger partial charge on any atom is 0.244 e. The molecule has 24 heavy (non-hydrogen) atoms. The van der Waals surface area contributed by atoms with Gasteiger partial charge in [0.15, 0.2) is 0 Å². The molecule has 0 aliphatic carbocycles. The number of aromatic nitrogens is 1. The lowest BCUT2D eigenvalue weighted by Crippen LogP contribution is -2.42. The van der Waals surface area contributed by atoms with Crippen LogP contribution in [0.15, 0.2) is 42.6 Å². The molecule has 0 spiro atoms. The number of rotatable bonds is 4. The minimum absolute atomic E-state index is 0.0109. The van der Waals surface area contributed by atoms with Gasteiger partial charge in [-0.05, 0) is 31.4 Å². The summed E-state index contributed by atoms with van der Waals surface area (Å²) in [5, 5.41) is 3.69. The summed E-state index contributed by atoms with van der Waals surface area (Å²) in [5.74, 6) is -0.281. The largest absolute Gasteiger partial charge is 0.343 e. The second kappa shape index (κ2) is 7.73. The van der Waals surface area contributed by atoms with Crippen molar-refractivity contribution in [2.24, 2.45) is 0 Å². The first kappa shape index (κ1) is 16.2. The highest BCUT2D eigenvalue weighted by molar-refractivity contribution is 5.96. The average molecular weight is 323 g/mol. The van der Waals surface area contributed by atoms with E-state index < -0.39 is 0 Å². The molecule has 1 saturated heterocycles. The molecule has 1 aliphatic heterocycles. The van der Waals surface area contributed by atoms with Crippen molar-refractivity contribution in [2.75, 3.05) is 19.6 Å². The van der Waals surface area contributed by atoms with Gasteiger partial charge in [0.2, 0.25) is 11.8 Å². The predicted molar refractivity (Wildman–Crippen MR) is 94.2 cm³/mol. The van der Waals surface area contributed by atoms with Crippen molar-refractivity contribution in [3.63, 3.8) is 0 Å². The second-order valence-electron chi connectivity index (χ2n) is 5.91. The third-order valence-electron chi connectivity index (χ3n) is 4.20. The van der Waals surface area contributed by atoms with E-state index in [0.29, 0.717) is 0 Å². The van der Waals surface area contributed by atoms with Crippen molar-refractivity contribution >= 4 is 28.8 Å². The van der Waals surface area contributed by atoms with Crippen LogP contribution in [0, 0.1) is 0 Å². The molecule has 1 aromatic heterocycles. The highest BCUT2D eigenvalue weighted by Crippen LogP contribution is 2.17. The van der Waals surface area contributed by atoms with E-state index in [2.05, 4.69) is 10.3 Å². The summed E-state index contributed by atoms with van der Waals surface area (Å²) in [6.07, 6.45) is 8.19. The molecule has 1 fully saturated rings. The van der Waals surface area contributed by atoms with Gasteiger partial charge in [0.05, 0.1) is 12.1 Å². The molecular weight excluding hydrogens is 302 g/mol. The van der Waals surface area contributed by atoms with Crippen LogP contribution in [0.1, 0.15) is 24.8 Å². The Morgan fingerprint density at radius 1 is 1.12 bits per heavy atom. The minimum Gasteiger partial charge on any atom is -0.343 e. The molecule has 0 bridgehead atoms. The molecule has 1 N–H and O–H groups in total. The smallest absolute Gasteiger partial charge is 0.244 e. The monoisotopic (exact) mass is 323 g/mol. The topological polar surface area (TPSA) is 62.3 Å². The van der Waals surface area contributed by atoms with Gasteiger partial charge in [-0.25, -0.2) is 0 Å². The first-order chi connectivity index (χ1) is 11.7. The Balaban J connectivity index is 1.58. The van der Waals surface area contributed by atoms with Crippen LogP contribution in [0.3, 0.4) is 0 Å². The van der Waals surface area contributed by atoms with Crippen LogP contribution in [-0.4, -0.2) is 41.3 Å². The number of para-hydroxylation sites is 1. The Morgan fingerprint density at radius 3 is 2.75 bits per heavy atom. The van der Waals surface area contributed by atoms with Crippen LogP contribution in [0.4, 0.5) is 0 Å². The van der Waals surface area contributed by atoms with Crippen LogP contribution in [-0.2, 0) is 9.59 Å². The van der Waals surface area contributed by atoms with Crippen molar-refractivity contribution in [2.45, 2.75) is 19.3 Å².